The van der Waals surface area contributed by atoms with E-state index in [0.717, 1.165) is 12.0 Å². The zero-order valence-electron chi connectivity index (χ0n) is 14.0. The van der Waals surface area contributed by atoms with E-state index in [4.69, 9.17) is 4.74 Å². The van der Waals surface area contributed by atoms with Crippen molar-refractivity contribution in [3.8, 4) is 0 Å². The first-order valence-electron chi connectivity index (χ1n) is 8.29. The van der Waals surface area contributed by atoms with Gasteiger partial charge in [0, 0.05) is 39.3 Å². The van der Waals surface area contributed by atoms with Crippen LogP contribution in [-0.4, -0.2) is 43.0 Å². The normalized spacial score (nSPS) is 17.6. The number of hydrogen-bond acceptors (Lipinski definition) is 3. The molecule has 0 aromatic heterocycles. The third-order valence-electron chi connectivity index (χ3n) is 4.05. The Balaban J connectivity index is 1.77. The van der Waals surface area contributed by atoms with Crippen molar-refractivity contribution in [1.29, 1.82) is 0 Å². The Hall–Kier alpha value is -1.88. The van der Waals surface area contributed by atoms with E-state index in [0.29, 0.717) is 39.3 Å². The summed E-state index contributed by atoms with van der Waals surface area (Å²) in [5.41, 5.74) is 2.30. The first-order chi connectivity index (χ1) is 11.1. The molecule has 5 heteroatoms. The Morgan fingerprint density at radius 2 is 2.09 bits per heavy atom. The summed E-state index contributed by atoms with van der Waals surface area (Å²) in [6, 6.07) is 8.14. The highest BCUT2D eigenvalue weighted by molar-refractivity contribution is 5.89. The van der Waals surface area contributed by atoms with E-state index in [2.05, 4.69) is 5.32 Å². The molecule has 1 aromatic carbocycles. The van der Waals surface area contributed by atoms with Crippen LogP contribution >= 0.6 is 0 Å². The molecule has 1 aromatic rings. The lowest BCUT2D eigenvalue weighted by atomic mass is 10.1. The fourth-order valence-corrected chi connectivity index (χ4v) is 2.69. The monoisotopic (exact) mass is 318 g/mol. The molecular formula is C18H26N2O3. The standard InChI is InChI=1S/C18H26N2O3/c1-3-23-10-4-9-19-18(22)16-11-17(21)20(13-16)12-15-7-5-14(2)6-8-15/h5-8,16H,3-4,9-13H2,1-2H3,(H,19,22)/t16-/m0/s1. The van der Waals surface area contributed by atoms with Gasteiger partial charge in [-0.05, 0) is 25.8 Å². The molecule has 23 heavy (non-hydrogen) atoms. The summed E-state index contributed by atoms with van der Waals surface area (Å²) in [4.78, 5) is 26.0. The molecule has 126 valence electrons. The third kappa shape index (κ3) is 5.36. The van der Waals surface area contributed by atoms with Crippen LogP contribution in [-0.2, 0) is 20.9 Å². The quantitative estimate of drug-likeness (QED) is 0.745. The molecule has 2 rings (SSSR count). The molecule has 0 bridgehead atoms. The molecule has 0 spiro atoms. The zero-order chi connectivity index (χ0) is 16.7. The minimum absolute atomic E-state index is 0.0266. The first-order valence-corrected chi connectivity index (χ1v) is 8.29. The van der Waals surface area contributed by atoms with Crippen molar-refractivity contribution in [1.82, 2.24) is 10.2 Å². The van der Waals surface area contributed by atoms with Crippen LogP contribution in [0.2, 0.25) is 0 Å². The predicted octanol–water partition coefficient (Wildman–Crippen LogP) is 1.89. The zero-order valence-corrected chi connectivity index (χ0v) is 14.0. The number of ether oxygens (including phenoxy) is 1. The second-order valence-corrected chi connectivity index (χ2v) is 6.00. The van der Waals surface area contributed by atoms with Crippen molar-refractivity contribution >= 4 is 11.8 Å². The van der Waals surface area contributed by atoms with E-state index in [1.807, 2.05) is 38.1 Å². The number of carbonyl (C=O) groups excluding carboxylic acids is 2. The van der Waals surface area contributed by atoms with Crippen LogP contribution in [0.15, 0.2) is 24.3 Å². The highest BCUT2D eigenvalue weighted by atomic mass is 16.5. The van der Waals surface area contributed by atoms with Crippen molar-refractivity contribution in [2.75, 3.05) is 26.3 Å². The lowest BCUT2D eigenvalue weighted by Gasteiger charge is -2.17. The average Bonchev–Trinajstić information content (AvgIpc) is 2.90. The van der Waals surface area contributed by atoms with Gasteiger partial charge >= 0.3 is 0 Å². The molecule has 0 radical (unpaired) electrons. The summed E-state index contributed by atoms with van der Waals surface area (Å²) in [7, 11) is 0. The summed E-state index contributed by atoms with van der Waals surface area (Å²) >= 11 is 0. The van der Waals surface area contributed by atoms with E-state index < -0.39 is 0 Å². The lowest BCUT2D eigenvalue weighted by molar-refractivity contribution is -0.129. The molecule has 0 unspecified atom stereocenters. The van der Waals surface area contributed by atoms with E-state index in [9.17, 15) is 9.59 Å². The fourth-order valence-electron chi connectivity index (χ4n) is 2.69. The Kier molecular flexibility index (Phi) is 6.59. The number of nitrogens with zero attached hydrogens (tertiary/aromatic N) is 1. The highest BCUT2D eigenvalue weighted by Gasteiger charge is 2.33. The van der Waals surface area contributed by atoms with Crippen molar-refractivity contribution in [3.05, 3.63) is 35.4 Å². The van der Waals surface area contributed by atoms with Crippen molar-refractivity contribution < 1.29 is 14.3 Å². The predicted molar refractivity (Wildman–Crippen MR) is 88.8 cm³/mol. The molecule has 1 atom stereocenters. The van der Waals surface area contributed by atoms with Crippen molar-refractivity contribution in [2.24, 2.45) is 5.92 Å². The van der Waals surface area contributed by atoms with Gasteiger partial charge in [-0.25, -0.2) is 0 Å². The minimum atomic E-state index is -0.236. The second-order valence-electron chi connectivity index (χ2n) is 6.00. The van der Waals surface area contributed by atoms with Gasteiger partial charge in [-0.3, -0.25) is 9.59 Å². The molecule has 1 aliphatic heterocycles. The molecule has 1 saturated heterocycles. The number of nitrogens with one attached hydrogen (secondary N) is 1. The molecule has 0 saturated carbocycles. The van der Waals surface area contributed by atoms with Crippen LogP contribution in [0.3, 0.4) is 0 Å². The Labute approximate surface area is 138 Å². The minimum Gasteiger partial charge on any atom is -0.382 e. The SMILES string of the molecule is CCOCCCNC(=O)[C@H]1CC(=O)N(Cc2ccc(C)cc2)C1. The van der Waals surface area contributed by atoms with Gasteiger partial charge in [0.05, 0.1) is 5.92 Å². The maximum Gasteiger partial charge on any atom is 0.225 e. The highest BCUT2D eigenvalue weighted by Crippen LogP contribution is 2.20. The van der Waals surface area contributed by atoms with Gasteiger partial charge in [-0.2, -0.15) is 0 Å². The lowest BCUT2D eigenvalue weighted by Crippen LogP contribution is -2.33. The molecule has 2 amide bonds. The Bertz CT molecular complexity index is 528. The fraction of sp³-hybridized carbons (Fsp3) is 0.556. The summed E-state index contributed by atoms with van der Waals surface area (Å²) in [5, 5.41) is 2.90. The van der Waals surface area contributed by atoms with Crippen LogP contribution in [0.1, 0.15) is 30.9 Å². The average molecular weight is 318 g/mol. The van der Waals surface area contributed by atoms with Crippen LogP contribution in [0, 0.1) is 12.8 Å². The van der Waals surface area contributed by atoms with E-state index >= 15 is 0 Å². The maximum absolute atomic E-state index is 12.1. The summed E-state index contributed by atoms with van der Waals surface area (Å²) in [6.07, 6.45) is 1.11. The van der Waals surface area contributed by atoms with Gasteiger partial charge in [0.25, 0.3) is 0 Å². The van der Waals surface area contributed by atoms with E-state index in [-0.39, 0.29) is 17.7 Å². The van der Waals surface area contributed by atoms with Gasteiger partial charge in [-0.15, -0.1) is 0 Å². The summed E-state index contributed by atoms with van der Waals surface area (Å²) in [5.74, 6) is -0.207. The van der Waals surface area contributed by atoms with Gasteiger partial charge in [0.15, 0.2) is 0 Å². The number of rotatable bonds is 8. The molecule has 1 heterocycles. The van der Waals surface area contributed by atoms with Crippen LogP contribution in [0.5, 0.6) is 0 Å². The number of hydrogen-bond donors (Lipinski definition) is 1. The third-order valence-corrected chi connectivity index (χ3v) is 4.05. The van der Waals surface area contributed by atoms with Crippen LogP contribution < -0.4 is 5.32 Å². The van der Waals surface area contributed by atoms with Gasteiger partial charge in [0.2, 0.25) is 11.8 Å². The van der Waals surface area contributed by atoms with E-state index in [1.165, 1.54) is 5.56 Å². The second kappa shape index (κ2) is 8.67. The molecule has 0 aliphatic carbocycles. The topological polar surface area (TPSA) is 58.6 Å². The van der Waals surface area contributed by atoms with Crippen molar-refractivity contribution in [3.63, 3.8) is 0 Å². The van der Waals surface area contributed by atoms with Gasteiger partial charge in [0.1, 0.15) is 0 Å². The smallest absolute Gasteiger partial charge is 0.225 e. The van der Waals surface area contributed by atoms with Crippen molar-refractivity contribution in [2.45, 2.75) is 33.2 Å². The van der Waals surface area contributed by atoms with Crippen LogP contribution in [0.4, 0.5) is 0 Å². The van der Waals surface area contributed by atoms with Gasteiger partial charge < -0.3 is 15.0 Å². The molecule has 1 N–H and O–H groups in total. The van der Waals surface area contributed by atoms with E-state index in [1.54, 1.807) is 4.90 Å². The molecule has 1 aliphatic rings. The van der Waals surface area contributed by atoms with Crippen LogP contribution in [0.25, 0.3) is 0 Å². The number of aryl methyl sites for hydroxylation is 1. The molecule has 5 nitrogen and oxygen atoms in total. The summed E-state index contributed by atoms with van der Waals surface area (Å²) < 4.78 is 5.24. The van der Waals surface area contributed by atoms with Gasteiger partial charge in [-0.1, -0.05) is 29.8 Å². The maximum atomic E-state index is 12.1. The number of benzene rings is 1. The molecular weight excluding hydrogens is 292 g/mol. The number of carbonyl (C=O) groups is 2. The Morgan fingerprint density at radius 3 is 2.78 bits per heavy atom. The summed E-state index contributed by atoms with van der Waals surface area (Å²) in [6.45, 7) is 7.01. The first kappa shape index (κ1) is 17.5. The molecule has 1 fully saturated rings. The number of amides is 2. The number of likely N-dealkylation sites (tertiary alicyclic amines) is 1. The largest absolute Gasteiger partial charge is 0.382 e. The Morgan fingerprint density at radius 1 is 1.35 bits per heavy atom.